The molecule has 0 aromatic rings. The van der Waals surface area contributed by atoms with Gasteiger partial charge >= 0.3 is 17.9 Å². The van der Waals surface area contributed by atoms with Gasteiger partial charge in [0.1, 0.15) is 19.8 Å². The first-order valence-electron chi connectivity index (χ1n) is 29.7. The van der Waals surface area contributed by atoms with E-state index in [1.165, 1.54) is 193 Å². The van der Waals surface area contributed by atoms with Crippen LogP contribution in [0.2, 0.25) is 0 Å². The second-order valence-corrected chi connectivity index (χ2v) is 21.1. The number of hydrogen-bond donors (Lipinski definition) is 0. The highest BCUT2D eigenvalue weighted by molar-refractivity contribution is 5.70. The fourth-order valence-corrected chi connectivity index (χ4v) is 9.17. The highest BCUT2D eigenvalue weighted by Gasteiger charge is 2.36. The van der Waals surface area contributed by atoms with Gasteiger partial charge in [0.15, 0.2) is 0 Å². The number of esters is 3. The second kappa shape index (κ2) is 52.7. The lowest BCUT2D eigenvalue weighted by Gasteiger charge is -2.34. The van der Waals surface area contributed by atoms with Gasteiger partial charge < -0.3 is 19.1 Å². The lowest BCUT2D eigenvalue weighted by molar-refractivity contribution is -0.163. The van der Waals surface area contributed by atoms with E-state index < -0.39 is 5.41 Å². The molecule has 0 N–H and O–H groups in total. The van der Waals surface area contributed by atoms with Gasteiger partial charge in [0.2, 0.25) is 0 Å². The van der Waals surface area contributed by atoms with Crippen molar-refractivity contribution in [2.45, 2.75) is 303 Å². The fraction of sp³-hybridized carbons (Fsp3) is 0.885. The summed E-state index contributed by atoms with van der Waals surface area (Å²) in [6, 6.07) is 0. The number of carbonyl (C=O) groups is 3. The van der Waals surface area contributed by atoms with Crippen LogP contribution in [0.1, 0.15) is 303 Å². The van der Waals surface area contributed by atoms with Crippen LogP contribution in [0, 0.1) is 5.41 Å². The van der Waals surface area contributed by atoms with Crippen LogP contribution in [0.4, 0.5) is 0 Å². The van der Waals surface area contributed by atoms with Crippen molar-refractivity contribution < 1.29 is 28.6 Å². The molecular weight excluding hydrogens is 843 g/mol. The average Bonchev–Trinajstić information content (AvgIpc) is 3.33. The minimum absolute atomic E-state index is 0.0437. The summed E-state index contributed by atoms with van der Waals surface area (Å²) in [5.74, 6) is -0.717. The third-order valence-electron chi connectivity index (χ3n) is 13.5. The maximum Gasteiger partial charge on any atom is 0.305 e. The molecule has 68 heavy (non-hydrogen) atoms. The van der Waals surface area contributed by atoms with Crippen molar-refractivity contribution in [1.82, 2.24) is 4.90 Å². The third-order valence-corrected chi connectivity index (χ3v) is 13.5. The van der Waals surface area contributed by atoms with E-state index in [2.05, 4.69) is 45.1 Å². The zero-order valence-corrected chi connectivity index (χ0v) is 46.1. The highest BCUT2D eigenvalue weighted by Crippen LogP contribution is 2.24. The van der Waals surface area contributed by atoms with Crippen molar-refractivity contribution in [3.05, 3.63) is 24.3 Å². The summed E-state index contributed by atoms with van der Waals surface area (Å²) in [5, 5.41) is 0. The summed E-state index contributed by atoms with van der Waals surface area (Å²) in [6.07, 6.45) is 61.1. The molecule has 0 aromatic heterocycles. The molecule has 0 amide bonds. The van der Waals surface area contributed by atoms with Crippen LogP contribution in [0.5, 0.6) is 0 Å². The van der Waals surface area contributed by atoms with Crippen molar-refractivity contribution in [3.63, 3.8) is 0 Å². The van der Waals surface area contributed by atoms with E-state index in [1.54, 1.807) is 0 Å². The number of hydrogen-bond acceptors (Lipinski definition) is 7. The molecule has 0 fully saturated rings. The fourth-order valence-electron chi connectivity index (χ4n) is 9.17. The zero-order chi connectivity index (χ0) is 49.7. The van der Waals surface area contributed by atoms with E-state index in [-0.39, 0.29) is 37.7 Å². The Morgan fingerprint density at radius 3 is 0.750 bits per heavy atom. The van der Waals surface area contributed by atoms with Crippen molar-refractivity contribution in [2.24, 2.45) is 5.41 Å². The molecular formula is C61H115NO6. The van der Waals surface area contributed by atoms with Crippen LogP contribution in [0.25, 0.3) is 0 Å². The number of allylic oxidation sites excluding steroid dienone is 4. The molecule has 0 saturated heterocycles. The van der Waals surface area contributed by atoms with E-state index in [1.807, 2.05) is 19.0 Å². The van der Waals surface area contributed by atoms with Gasteiger partial charge in [0, 0.05) is 25.8 Å². The molecule has 0 aromatic carbocycles. The first-order chi connectivity index (χ1) is 33.3. The first kappa shape index (κ1) is 65.8. The molecule has 7 nitrogen and oxygen atoms in total. The Hall–Kier alpha value is -2.15. The minimum Gasteiger partial charge on any atom is -0.465 e. The van der Waals surface area contributed by atoms with Gasteiger partial charge in [0.05, 0.1) is 5.41 Å². The normalized spacial score (nSPS) is 12.0. The van der Waals surface area contributed by atoms with Crippen LogP contribution in [-0.2, 0) is 28.6 Å². The monoisotopic (exact) mass is 958 g/mol. The maximum absolute atomic E-state index is 13.1. The maximum atomic E-state index is 13.1. The molecule has 0 radical (unpaired) electrons. The largest absolute Gasteiger partial charge is 0.465 e. The van der Waals surface area contributed by atoms with E-state index in [4.69, 9.17) is 14.2 Å². The molecule has 0 aliphatic carbocycles. The Balaban J connectivity index is 4.80. The summed E-state index contributed by atoms with van der Waals surface area (Å²) < 4.78 is 17.7. The molecule has 0 aliphatic rings. The van der Waals surface area contributed by atoms with Gasteiger partial charge in [-0.2, -0.15) is 0 Å². The topological polar surface area (TPSA) is 82.1 Å². The Kier molecular flexibility index (Phi) is 51.0. The quantitative estimate of drug-likeness (QED) is 0.0260. The molecule has 0 aliphatic heterocycles. The van der Waals surface area contributed by atoms with Crippen LogP contribution >= 0.6 is 0 Å². The first-order valence-corrected chi connectivity index (χ1v) is 29.7. The van der Waals surface area contributed by atoms with Crippen LogP contribution in [-0.4, -0.2) is 63.3 Å². The molecule has 0 atom stereocenters. The Morgan fingerprint density at radius 1 is 0.324 bits per heavy atom. The predicted octanol–water partition coefficient (Wildman–Crippen LogP) is 18.5. The Labute approximate surface area is 423 Å². The minimum atomic E-state index is -0.843. The number of nitrogens with zero attached hydrogens (tertiary/aromatic N) is 1. The third kappa shape index (κ3) is 48.9. The summed E-state index contributed by atoms with van der Waals surface area (Å²) >= 11 is 0. The smallest absolute Gasteiger partial charge is 0.305 e. The van der Waals surface area contributed by atoms with Gasteiger partial charge in [-0.15, -0.1) is 0 Å². The van der Waals surface area contributed by atoms with Gasteiger partial charge in [-0.1, -0.05) is 238 Å². The number of carbonyl (C=O) groups excluding carboxylic acids is 3. The molecule has 0 spiro atoms. The Bertz CT molecular complexity index is 1090. The molecule has 0 heterocycles. The summed E-state index contributed by atoms with van der Waals surface area (Å²) in [6.45, 7) is 7.40. The Morgan fingerprint density at radius 2 is 0.529 bits per heavy atom. The van der Waals surface area contributed by atoms with E-state index in [0.717, 1.165) is 70.6 Å². The van der Waals surface area contributed by atoms with Crippen molar-refractivity contribution in [2.75, 3.05) is 40.5 Å². The van der Waals surface area contributed by atoms with Gasteiger partial charge in [-0.05, 0) is 84.7 Å². The predicted molar refractivity (Wildman–Crippen MR) is 292 cm³/mol. The SMILES string of the molecule is CCCCCCCC/C=C\CCCCCCCC(=O)OCC(COC(=O)CCCCCCC/C=C\CCCCCCCC)(COC(=O)CCCCCCCCCCCCCCCCC)CN(C)C. The summed E-state index contributed by atoms with van der Waals surface area (Å²) in [5.41, 5.74) is -0.843. The lowest BCUT2D eigenvalue weighted by atomic mass is 9.90. The number of unbranched alkanes of at least 4 members (excludes halogenated alkanes) is 36. The summed E-state index contributed by atoms with van der Waals surface area (Å²) in [4.78, 5) is 41.2. The van der Waals surface area contributed by atoms with Gasteiger partial charge in [0.25, 0.3) is 0 Å². The van der Waals surface area contributed by atoms with Crippen LogP contribution in [0.3, 0.4) is 0 Å². The standard InChI is InChI=1S/C61H115NO6/c1-6-9-12-15-18-21-24-27-30-33-36-39-42-45-48-51-58(63)66-55-61(54-62(4)5,56-67-59(64)52-49-46-43-40-37-34-31-28-25-22-19-16-13-10-7-2)57-68-60(65)53-50-47-44-41-38-35-32-29-26-23-20-17-14-11-8-3/h27-28,30-31H,6-26,29,32-57H2,1-5H3/b30-27-,31-28-. The zero-order valence-electron chi connectivity index (χ0n) is 46.1. The van der Waals surface area contributed by atoms with Gasteiger partial charge in [-0.3, -0.25) is 14.4 Å². The van der Waals surface area contributed by atoms with Crippen LogP contribution < -0.4 is 0 Å². The molecule has 400 valence electrons. The average molecular weight is 959 g/mol. The van der Waals surface area contributed by atoms with Crippen molar-refractivity contribution >= 4 is 17.9 Å². The van der Waals surface area contributed by atoms with Crippen molar-refractivity contribution in [3.8, 4) is 0 Å². The molecule has 7 heteroatoms. The second-order valence-electron chi connectivity index (χ2n) is 21.1. The van der Waals surface area contributed by atoms with E-state index in [9.17, 15) is 14.4 Å². The van der Waals surface area contributed by atoms with E-state index in [0.29, 0.717) is 25.8 Å². The molecule has 0 rings (SSSR count). The van der Waals surface area contributed by atoms with Crippen molar-refractivity contribution in [1.29, 1.82) is 0 Å². The number of rotatable bonds is 54. The summed E-state index contributed by atoms with van der Waals surface area (Å²) in [7, 11) is 3.90. The number of ether oxygens (including phenoxy) is 3. The lowest BCUT2D eigenvalue weighted by Crippen LogP contribution is -2.46. The van der Waals surface area contributed by atoms with E-state index >= 15 is 0 Å². The molecule has 0 unspecified atom stereocenters. The molecule has 0 saturated carbocycles. The molecule has 0 bridgehead atoms. The highest BCUT2D eigenvalue weighted by atomic mass is 16.6. The van der Waals surface area contributed by atoms with Crippen LogP contribution in [0.15, 0.2) is 24.3 Å². The van der Waals surface area contributed by atoms with Gasteiger partial charge in [-0.25, -0.2) is 0 Å².